The quantitative estimate of drug-likeness (QED) is 0.0759. The fourth-order valence-corrected chi connectivity index (χ4v) is 13.6. The molecule has 0 aromatic carbocycles. The number of aliphatic hydroxyl groups is 9. The highest BCUT2D eigenvalue weighted by molar-refractivity contribution is 5.66. The molecule has 7 aliphatic rings. The lowest BCUT2D eigenvalue weighted by Crippen LogP contribution is -2.64. The molecule has 26 atom stereocenters. The predicted molar refractivity (Wildman–Crippen MR) is 226 cm³/mol. The summed E-state index contributed by atoms with van der Waals surface area (Å²) in [5.41, 5.74) is -0.480. The number of ether oxygens (including phenoxy) is 7. The number of hydrogen-bond donors (Lipinski definition) is 9. The summed E-state index contributed by atoms with van der Waals surface area (Å²) in [6.45, 7) is 15.1. The van der Waals surface area contributed by atoms with Crippen LogP contribution in [0.3, 0.4) is 0 Å². The smallest absolute Gasteiger partial charge is 0.303 e. The highest BCUT2D eigenvalue weighted by Gasteiger charge is 2.69. The van der Waals surface area contributed by atoms with Gasteiger partial charge in [-0.2, -0.15) is 0 Å². The largest absolute Gasteiger partial charge is 0.459 e. The molecule has 4 saturated carbocycles. The third-order valence-corrected chi connectivity index (χ3v) is 17.0. The number of esters is 1. The van der Waals surface area contributed by atoms with E-state index in [4.69, 9.17) is 33.2 Å². The molecule has 64 heavy (non-hydrogen) atoms. The maximum absolute atomic E-state index is 13.0. The molecule has 7 rings (SSSR count). The second-order valence-electron chi connectivity index (χ2n) is 21.4. The molecular weight excluding hydrogens is 836 g/mol. The van der Waals surface area contributed by atoms with Gasteiger partial charge in [-0.05, 0) is 112 Å². The minimum Gasteiger partial charge on any atom is -0.459 e. The summed E-state index contributed by atoms with van der Waals surface area (Å²) in [4.78, 5) is 13.0. The Morgan fingerprint density at radius 2 is 1.28 bits per heavy atom. The van der Waals surface area contributed by atoms with Gasteiger partial charge in [0.05, 0.1) is 24.9 Å². The third-order valence-electron chi connectivity index (χ3n) is 17.0. The molecule has 0 aromatic rings. The fraction of sp³-hybridized carbons (Fsp3) is 0.936. The topological polar surface area (TPSA) is 264 Å². The van der Waals surface area contributed by atoms with Gasteiger partial charge in [-0.15, -0.1) is 0 Å². The number of allylic oxidation sites excluding steroid dienone is 2. The second kappa shape index (κ2) is 19.9. The van der Waals surface area contributed by atoms with Crippen molar-refractivity contribution in [2.75, 3.05) is 6.61 Å². The molecule has 368 valence electrons. The van der Waals surface area contributed by atoms with E-state index in [1.165, 1.54) is 13.8 Å². The van der Waals surface area contributed by atoms with Gasteiger partial charge in [0, 0.05) is 12.8 Å². The number of rotatable bonds is 12. The second-order valence-corrected chi connectivity index (χ2v) is 21.4. The van der Waals surface area contributed by atoms with E-state index in [1.54, 1.807) is 6.92 Å². The Bertz CT molecular complexity index is 1600. The summed E-state index contributed by atoms with van der Waals surface area (Å²) in [6.07, 6.45) is -11.3. The Balaban J connectivity index is 1.14. The maximum atomic E-state index is 13.0. The molecule has 0 bridgehead atoms. The molecule has 9 N–H and O–H groups in total. The highest BCUT2D eigenvalue weighted by Crippen LogP contribution is 2.69. The zero-order chi connectivity index (χ0) is 46.7. The number of hydrogen-bond acceptors (Lipinski definition) is 17. The molecule has 0 radical (unpaired) electrons. The van der Waals surface area contributed by atoms with Crippen molar-refractivity contribution in [2.45, 2.75) is 217 Å². The lowest BCUT2D eigenvalue weighted by Gasteiger charge is -2.61. The van der Waals surface area contributed by atoms with Crippen LogP contribution in [0.4, 0.5) is 0 Å². The summed E-state index contributed by atoms with van der Waals surface area (Å²) in [7, 11) is 0. The Labute approximate surface area is 377 Å². The van der Waals surface area contributed by atoms with Crippen LogP contribution in [0, 0.1) is 52.3 Å². The first-order chi connectivity index (χ1) is 30.1. The number of fused-ring (bicyclic) bond motifs is 5. The standard InChI is InChI=1S/C47H78O17/c1-20(2)10-9-11-21(3)30-40(60-24(6)49)41(63-43-38(56)35(53)32(50)22(4)58-43)31-27-13-12-25-18-26(14-16-46(25,7)28(27)15-17-47(30,31)8)61-45-42(37(55)34(52)29(19-48)62-45)64-44-39(57)36(54)33(51)23(5)59-44/h9,11,20-23,25-45,48,50-57H,10,12-19H2,1-8H3/t21-,22+,23+,25+,26+,27-,28+,29+,30+,31-,32+,33+,34+,35-,36-,37-,38-,39-,40-,41+,42+,43+,44+,45+,46+,47-/m1/s1. The molecule has 4 aliphatic carbocycles. The molecule has 17 nitrogen and oxygen atoms in total. The van der Waals surface area contributed by atoms with E-state index in [-0.39, 0.29) is 52.4 Å². The van der Waals surface area contributed by atoms with Crippen LogP contribution in [0.25, 0.3) is 0 Å². The average molecular weight is 915 g/mol. The van der Waals surface area contributed by atoms with E-state index in [0.29, 0.717) is 18.8 Å². The van der Waals surface area contributed by atoms with Crippen LogP contribution in [0.1, 0.15) is 107 Å². The van der Waals surface area contributed by atoms with Crippen molar-refractivity contribution in [2.24, 2.45) is 52.3 Å². The molecule has 3 aliphatic heterocycles. The lowest BCUT2D eigenvalue weighted by atomic mass is 9.44. The van der Waals surface area contributed by atoms with Gasteiger partial charge in [-0.25, -0.2) is 0 Å². The van der Waals surface area contributed by atoms with Crippen LogP contribution in [-0.2, 0) is 38.0 Å². The molecule has 0 aromatic heterocycles. The normalized spacial score (nSPS) is 52.5. The van der Waals surface area contributed by atoms with Crippen LogP contribution in [-0.4, -0.2) is 169 Å². The van der Waals surface area contributed by atoms with Crippen LogP contribution in [0.2, 0.25) is 0 Å². The third kappa shape index (κ3) is 9.37. The van der Waals surface area contributed by atoms with Crippen LogP contribution in [0.5, 0.6) is 0 Å². The first-order valence-corrected chi connectivity index (χ1v) is 23.9. The SMILES string of the molecule is CC(=O)O[C@H]1[C@@H](O[C@@H]2O[C@@H](C)[C@H](O)[C@@H](O)[C@H]2O)[C@H]2[C@@H]3CC[C@H]4C[C@@H](O[C@H]5O[C@@H](CO)[C@H](O)[C@@H](O)[C@@H]5O[C@@H]5O[C@@H](C)[C@H](O)[C@@H](O)[C@H]5O)CC[C@]4(C)[C@H]3CC[C@]2(C)[C@H]1[C@H](C)C=CCC(C)C. The Kier molecular flexibility index (Phi) is 15.7. The molecule has 3 heterocycles. The predicted octanol–water partition coefficient (Wildman–Crippen LogP) is 1.28. The summed E-state index contributed by atoms with van der Waals surface area (Å²) in [6, 6.07) is 0. The number of carbonyl (C=O) groups is 1. The van der Waals surface area contributed by atoms with Crippen molar-refractivity contribution in [1.29, 1.82) is 0 Å². The van der Waals surface area contributed by atoms with Crippen molar-refractivity contribution in [3.05, 3.63) is 12.2 Å². The van der Waals surface area contributed by atoms with Crippen molar-refractivity contribution >= 4 is 5.97 Å². The molecular formula is C47H78O17. The van der Waals surface area contributed by atoms with Gasteiger partial charge in [0.2, 0.25) is 0 Å². The van der Waals surface area contributed by atoms with Crippen molar-refractivity contribution in [3.8, 4) is 0 Å². The van der Waals surface area contributed by atoms with Crippen LogP contribution in [0.15, 0.2) is 12.2 Å². The summed E-state index contributed by atoms with van der Waals surface area (Å²) < 4.78 is 43.5. The summed E-state index contributed by atoms with van der Waals surface area (Å²) in [5, 5.41) is 96.2. The minimum atomic E-state index is -1.67. The van der Waals surface area contributed by atoms with E-state index in [0.717, 1.165) is 38.5 Å². The van der Waals surface area contributed by atoms with Gasteiger partial charge in [0.1, 0.15) is 73.2 Å². The van der Waals surface area contributed by atoms with Gasteiger partial charge in [0.15, 0.2) is 18.9 Å². The molecule has 17 heteroatoms. The monoisotopic (exact) mass is 915 g/mol. The molecule has 7 fully saturated rings. The number of aliphatic hydroxyl groups excluding tert-OH is 9. The zero-order valence-electron chi connectivity index (χ0n) is 38.7. The summed E-state index contributed by atoms with van der Waals surface area (Å²) >= 11 is 0. The van der Waals surface area contributed by atoms with Crippen molar-refractivity contribution in [3.63, 3.8) is 0 Å². The first kappa shape index (κ1) is 50.5. The Morgan fingerprint density at radius 3 is 1.86 bits per heavy atom. The van der Waals surface area contributed by atoms with Gasteiger partial charge in [-0.1, -0.05) is 46.8 Å². The van der Waals surface area contributed by atoms with Gasteiger partial charge in [0.25, 0.3) is 0 Å². The molecule has 0 amide bonds. The number of carbonyl (C=O) groups excluding carboxylic acids is 1. The van der Waals surface area contributed by atoms with E-state index >= 15 is 0 Å². The summed E-state index contributed by atoms with van der Waals surface area (Å²) in [5.74, 6) is 0.414. The van der Waals surface area contributed by atoms with Gasteiger partial charge < -0.3 is 79.1 Å². The van der Waals surface area contributed by atoms with E-state index in [9.17, 15) is 50.8 Å². The highest BCUT2D eigenvalue weighted by atomic mass is 16.8. The zero-order valence-corrected chi connectivity index (χ0v) is 38.7. The van der Waals surface area contributed by atoms with Crippen LogP contribution >= 0.6 is 0 Å². The van der Waals surface area contributed by atoms with E-state index in [2.05, 4.69) is 46.8 Å². The Hall–Kier alpha value is -1.39. The molecule has 3 saturated heterocycles. The van der Waals surface area contributed by atoms with Gasteiger partial charge >= 0.3 is 5.97 Å². The maximum Gasteiger partial charge on any atom is 0.303 e. The minimum absolute atomic E-state index is 0.0108. The Morgan fingerprint density at radius 1 is 0.688 bits per heavy atom. The fourth-order valence-electron chi connectivity index (χ4n) is 13.6. The van der Waals surface area contributed by atoms with E-state index < -0.39 is 117 Å². The van der Waals surface area contributed by atoms with Crippen LogP contribution < -0.4 is 0 Å². The van der Waals surface area contributed by atoms with Crippen molar-refractivity contribution in [1.82, 2.24) is 0 Å². The first-order valence-electron chi connectivity index (χ1n) is 23.9. The molecule has 0 spiro atoms. The van der Waals surface area contributed by atoms with E-state index in [1.807, 2.05) is 0 Å². The lowest BCUT2D eigenvalue weighted by molar-refractivity contribution is -0.371. The average Bonchev–Trinajstić information content (AvgIpc) is 3.48. The van der Waals surface area contributed by atoms with Gasteiger partial charge in [-0.3, -0.25) is 4.79 Å². The van der Waals surface area contributed by atoms with Crippen molar-refractivity contribution < 1.29 is 83.9 Å². The molecule has 0 unspecified atom stereocenters.